The number of hydrogen-bond acceptors (Lipinski definition) is 5. The van der Waals surface area contributed by atoms with Gasteiger partial charge in [-0.3, -0.25) is 0 Å². The molecule has 0 fully saturated rings. The van der Waals surface area contributed by atoms with Gasteiger partial charge in [-0.15, -0.1) is 11.3 Å². The molecule has 18 heavy (non-hydrogen) atoms. The van der Waals surface area contributed by atoms with Crippen molar-refractivity contribution in [1.82, 2.24) is 15.0 Å². The number of hydrogen-bond donors (Lipinski definition) is 3. The fraction of sp³-hybridized carbons (Fsp3) is 0.167. The molecule has 0 aliphatic heterocycles. The number of H-pyrrole nitrogens is 1. The van der Waals surface area contributed by atoms with Crippen molar-refractivity contribution in [2.75, 3.05) is 11.1 Å². The van der Waals surface area contributed by atoms with Crippen LogP contribution in [0.5, 0.6) is 0 Å². The number of anilines is 2. The van der Waals surface area contributed by atoms with Crippen LogP contribution in [0.3, 0.4) is 0 Å². The maximum atomic E-state index is 5.73. The molecule has 0 saturated heterocycles. The average Bonchev–Trinajstić information content (AvgIpc) is 2.92. The Bertz CT molecular complexity index is 685. The highest BCUT2D eigenvalue weighted by Gasteiger charge is 2.05. The van der Waals surface area contributed by atoms with Crippen LogP contribution in [0, 0.1) is 6.92 Å². The largest absolute Gasteiger partial charge is 0.399 e. The van der Waals surface area contributed by atoms with E-state index in [-0.39, 0.29) is 0 Å². The van der Waals surface area contributed by atoms with Crippen molar-refractivity contribution >= 4 is 34.0 Å². The maximum Gasteiger partial charge on any atom is 0.201 e. The number of aryl methyl sites for hydroxylation is 1. The third kappa shape index (κ3) is 2.02. The molecule has 5 nitrogen and oxygen atoms in total. The molecule has 0 radical (unpaired) electrons. The van der Waals surface area contributed by atoms with E-state index in [0.29, 0.717) is 0 Å². The van der Waals surface area contributed by atoms with Crippen molar-refractivity contribution < 1.29 is 0 Å². The minimum absolute atomic E-state index is 0.728. The highest BCUT2D eigenvalue weighted by atomic mass is 32.1. The molecule has 92 valence electrons. The molecule has 0 saturated carbocycles. The zero-order chi connectivity index (χ0) is 12.5. The zero-order valence-electron chi connectivity index (χ0n) is 9.90. The van der Waals surface area contributed by atoms with Gasteiger partial charge in [0.25, 0.3) is 0 Å². The third-order valence-corrected chi connectivity index (χ3v) is 3.70. The standard InChI is InChI=1S/C12H13N5S/c1-7-11(18-6-15-7)5-14-12-16-9-3-2-8(13)4-10(9)17-12/h2-4,6H,5,13H2,1H3,(H2,14,16,17). The lowest BCUT2D eigenvalue weighted by atomic mass is 10.3. The Labute approximate surface area is 108 Å². The van der Waals surface area contributed by atoms with Gasteiger partial charge in [-0.2, -0.15) is 0 Å². The average molecular weight is 259 g/mol. The Morgan fingerprint density at radius 1 is 1.44 bits per heavy atom. The number of nitrogens with zero attached hydrogens (tertiary/aromatic N) is 2. The first-order valence-electron chi connectivity index (χ1n) is 5.60. The summed E-state index contributed by atoms with van der Waals surface area (Å²) in [7, 11) is 0. The van der Waals surface area contributed by atoms with E-state index < -0.39 is 0 Å². The molecule has 0 aliphatic rings. The molecule has 0 bridgehead atoms. The molecule has 2 heterocycles. The summed E-state index contributed by atoms with van der Waals surface area (Å²) in [6.07, 6.45) is 0. The van der Waals surface area contributed by atoms with Crippen LogP contribution in [0.1, 0.15) is 10.6 Å². The monoisotopic (exact) mass is 259 g/mol. The van der Waals surface area contributed by atoms with Crippen molar-refractivity contribution in [3.05, 3.63) is 34.3 Å². The number of aromatic nitrogens is 3. The highest BCUT2D eigenvalue weighted by Crippen LogP contribution is 2.18. The number of fused-ring (bicyclic) bond motifs is 1. The first-order valence-corrected chi connectivity index (χ1v) is 6.48. The highest BCUT2D eigenvalue weighted by molar-refractivity contribution is 7.09. The normalized spacial score (nSPS) is 10.9. The van der Waals surface area contributed by atoms with Gasteiger partial charge < -0.3 is 16.0 Å². The van der Waals surface area contributed by atoms with Gasteiger partial charge in [0.1, 0.15) is 0 Å². The molecule has 4 N–H and O–H groups in total. The predicted octanol–water partition coefficient (Wildman–Crippen LogP) is 2.52. The lowest BCUT2D eigenvalue weighted by Crippen LogP contribution is -2.00. The number of nitrogen functional groups attached to an aromatic ring is 1. The van der Waals surface area contributed by atoms with E-state index in [0.717, 1.165) is 34.9 Å². The van der Waals surface area contributed by atoms with Gasteiger partial charge in [-0.1, -0.05) is 0 Å². The molecule has 6 heteroatoms. The number of thiazole rings is 1. The minimum atomic E-state index is 0.728. The van der Waals surface area contributed by atoms with Crippen molar-refractivity contribution in [2.45, 2.75) is 13.5 Å². The van der Waals surface area contributed by atoms with Crippen LogP contribution in [-0.4, -0.2) is 15.0 Å². The Balaban J connectivity index is 1.81. The number of nitrogens with one attached hydrogen (secondary N) is 2. The van der Waals surface area contributed by atoms with Gasteiger partial charge in [0.15, 0.2) is 0 Å². The number of rotatable bonds is 3. The molecule has 2 aromatic heterocycles. The van der Waals surface area contributed by atoms with Crippen LogP contribution in [0.2, 0.25) is 0 Å². The Morgan fingerprint density at radius 2 is 2.33 bits per heavy atom. The molecule has 0 atom stereocenters. The van der Waals surface area contributed by atoms with Crippen LogP contribution < -0.4 is 11.1 Å². The number of aromatic amines is 1. The topological polar surface area (TPSA) is 79.6 Å². The van der Waals surface area contributed by atoms with E-state index in [2.05, 4.69) is 20.3 Å². The van der Waals surface area contributed by atoms with Gasteiger partial charge in [-0.25, -0.2) is 9.97 Å². The molecule has 0 spiro atoms. The van der Waals surface area contributed by atoms with E-state index in [9.17, 15) is 0 Å². The van der Waals surface area contributed by atoms with Gasteiger partial charge in [0.2, 0.25) is 5.95 Å². The SMILES string of the molecule is Cc1ncsc1CNc1nc2ccc(N)cc2[nH]1. The molecule has 0 aliphatic carbocycles. The molecule has 0 amide bonds. The van der Waals surface area contributed by atoms with Gasteiger partial charge >= 0.3 is 0 Å². The van der Waals surface area contributed by atoms with Gasteiger partial charge in [-0.05, 0) is 25.1 Å². The second kappa shape index (κ2) is 4.30. The van der Waals surface area contributed by atoms with E-state index in [4.69, 9.17) is 5.73 Å². The molecular formula is C12H13N5S. The quantitative estimate of drug-likeness (QED) is 0.631. The van der Waals surface area contributed by atoms with Gasteiger partial charge in [0.05, 0.1) is 28.8 Å². The summed E-state index contributed by atoms with van der Waals surface area (Å²) < 4.78 is 0. The van der Waals surface area contributed by atoms with Crippen LogP contribution in [0.4, 0.5) is 11.6 Å². The lowest BCUT2D eigenvalue weighted by Gasteiger charge is -2.00. The van der Waals surface area contributed by atoms with Gasteiger partial charge in [0, 0.05) is 10.6 Å². The molecule has 3 aromatic rings. The summed E-state index contributed by atoms with van der Waals surface area (Å²) in [6.45, 7) is 2.73. The fourth-order valence-corrected chi connectivity index (χ4v) is 2.49. The van der Waals surface area contributed by atoms with E-state index in [1.54, 1.807) is 11.3 Å². The van der Waals surface area contributed by atoms with E-state index in [1.165, 1.54) is 4.88 Å². The smallest absolute Gasteiger partial charge is 0.201 e. The zero-order valence-corrected chi connectivity index (χ0v) is 10.7. The van der Waals surface area contributed by atoms with Crippen molar-refractivity contribution in [3.63, 3.8) is 0 Å². The summed E-state index contributed by atoms with van der Waals surface area (Å²) >= 11 is 1.64. The first kappa shape index (κ1) is 11.0. The fourth-order valence-electron chi connectivity index (χ4n) is 1.77. The Hall–Kier alpha value is -2.08. The maximum absolute atomic E-state index is 5.73. The van der Waals surface area contributed by atoms with Crippen molar-refractivity contribution in [2.24, 2.45) is 0 Å². The summed E-state index contributed by atoms with van der Waals surface area (Å²) in [5.74, 6) is 0.753. The number of imidazole rings is 1. The predicted molar refractivity (Wildman–Crippen MR) is 74.7 cm³/mol. The van der Waals surface area contributed by atoms with Crippen LogP contribution >= 0.6 is 11.3 Å². The first-order chi connectivity index (χ1) is 8.72. The van der Waals surface area contributed by atoms with Crippen LogP contribution in [-0.2, 0) is 6.54 Å². The van der Waals surface area contributed by atoms with Crippen LogP contribution in [0.25, 0.3) is 11.0 Å². The molecular weight excluding hydrogens is 246 g/mol. The minimum Gasteiger partial charge on any atom is -0.399 e. The van der Waals surface area contributed by atoms with E-state index in [1.807, 2.05) is 30.6 Å². The van der Waals surface area contributed by atoms with Crippen LogP contribution in [0.15, 0.2) is 23.7 Å². The number of benzene rings is 1. The second-order valence-electron chi connectivity index (χ2n) is 4.08. The second-order valence-corrected chi connectivity index (χ2v) is 5.02. The Morgan fingerprint density at radius 3 is 3.11 bits per heavy atom. The lowest BCUT2D eigenvalue weighted by molar-refractivity contribution is 1.09. The van der Waals surface area contributed by atoms with Crippen molar-refractivity contribution in [3.8, 4) is 0 Å². The molecule has 1 aromatic carbocycles. The summed E-state index contributed by atoms with van der Waals surface area (Å²) in [5.41, 5.74) is 11.2. The third-order valence-electron chi connectivity index (χ3n) is 2.77. The number of nitrogens with two attached hydrogens (primary N) is 1. The van der Waals surface area contributed by atoms with Crippen molar-refractivity contribution in [1.29, 1.82) is 0 Å². The molecule has 3 rings (SSSR count). The summed E-state index contributed by atoms with van der Waals surface area (Å²) in [6, 6.07) is 5.63. The Kier molecular flexibility index (Phi) is 2.64. The molecule has 0 unspecified atom stereocenters. The summed E-state index contributed by atoms with van der Waals surface area (Å²) in [5, 5.41) is 3.26. The van der Waals surface area contributed by atoms with E-state index >= 15 is 0 Å². The summed E-state index contributed by atoms with van der Waals surface area (Å²) in [4.78, 5) is 13.1.